The fourth-order valence-electron chi connectivity index (χ4n) is 3.46. The normalized spacial score (nSPS) is 24.2. The highest BCUT2D eigenvalue weighted by molar-refractivity contribution is 6.30. The molecule has 0 saturated carbocycles. The third-order valence-corrected chi connectivity index (χ3v) is 4.77. The number of anilines is 1. The van der Waals surface area contributed by atoms with Gasteiger partial charge in [-0.2, -0.15) is 0 Å². The molecule has 2 fully saturated rings. The number of para-hydroxylation sites is 1. The van der Waals surface area contributed by atoms with Gasteiger partial charge in [0.05, 0.1) is 22.9 Å². The van der Waals surface area contributed by atoms with Gasteiger partial charge >= 0.3 is 0 Å². The molecule has 4 rings (SSSR count). The lowest BCUT2D eigenvalue weighted by atomic mass is 10.1. The number of likely N-dealkylation sites (tertiary alicyclic amines) is 1. The van der Waals surface area contributed by atoms with Gasteiger partial charge in [-0.25, -0.2) is 0 Å². The van der Waals surface area contributed by atoms with E-state index >= 15 is 0 Å². The highest BCUT2D eigenvalue weighted by Crippen LogP contribution is 2.29. The van der Waals surface area contributed by atoms with Crippen LogP contribution in [0.25, 0.3) is 0 Å². The summed E-state index contributed by atoms with van der Waals surface area (Å²) in [7, 11) is 0. The van der Waals surface area contributed by atoms with E-state index in [4.69, 9.17) is 16.3 Å². The van der Waals surface area contributed by atoms with E-state index in [1.54, 1.807) is 6.20 Å². The SMILES string of the molecule is O=C1CO[C@H]2CN(Cc3ccc(Cl)cn3)C[C@@H]2N1c1ccccc1. The Kier molecular flexibility index (Phi) is 4.22. The summed E-state index contributed by atoms with van der Waals surface area (Å²) in [6.07, 6.45) is 1.70. The number of carbonyl (C=O) groups excluding carboxylic acids is 1. The molecule has 0 aliphatic carbocycles. The second-order valence-electron chi connectivity index (χ2n) is 6.18. The topological polar surface area (TPSA) is 45.7 Å². The summed E-state index contributed by atoms with van der Waals surface area (Å²) in [6.45, 7) is 2.44. The molecule has 6 heteroatoms. The molecule has 1 aromatic heterocycles. The highest BCUT2D eigenvalue weighted by Gasteiger charge is 2.43. The Bertz CT molecular complexity index is 723. The van der Waals surface area contributed by atoms with Crippen molar-refractivity contribution in [1.29, 1.82) is 0 Å². The standard InChI is InChI=1S/C18H18ClN3O2/c19-13-6-7-14(20-8-13)9-21-10-16-17(11-21)24-12-18(23)22(16)15-4-2-1-3-5-15/h1-8,16-17H,9-12H2/t16-,17-/m0/s1. The maximum Gasteiger partial charge on any atom is 0.253 e. The highest BCUT2D eigenvalue weighted by atomic mass is 35.5. The fraction of sp³-hybridized carbons (Fsp3) is 0.333. The maximum atomic E-state index is 12.4. The molecule has 2 aromatic rings. The van der Waals surface area contributed by atoms with Crippen molar-refractivity contribution in [3.05, 3.63) is 59.4 Å². The minimum atomic E-state index is 0.0221. The van der Waals surface area contributed by atoms with Crippen molar-refractivity contribution in [1.82, 2.24) is 9.88 Å². The van der Waals surface area contributed by atoms with Gasteiger partial charge in [0, 0.05) is 31.5 Å². The van der Waals surface area contributed by atoms with Crippen molar-refractivity contribution in [3.8, 4) is 0 Å². The predicted octanol–water partition coefficient (Wildman–Crippen LogP) is 2.35. The molecule has 0 radical (unpaired) electrons. The molecule has 2 aliphatic rings. The van der Waals surface area contributed by atoms with Crippen molar-refractivity contribution in [2.45, 2.75) is 18.7 Å². The first kappa shape index (κ1) is 15.6. The molecular formula is C18H18ClN3O2. The van der Waals surface area contributed by atoms with Crippen molar-refractivity contribution in [2.75, 3.05) is 24.6 Å². The number of halogens is 1. The number of pyridine rings is 1. The number of hydrogen-bond acceptors (Lipinski definition) is 4. The van der Waals surface area contributed by atoms with Crippen LogP contribution < -0.4 is 4.90 Å². The molecule has 5 nitrogen and oxygen atoms in total. The summed E-state index contributed by atoms with van der Waals surface area (Å²) >= 11 is 5.89. The van der Waals surface area contributed by atoms with Gasteiger partial charge in [-0.1, -0.05) is 29.8 Å². The third kappa shape index (κ3) is 3.02. The quantitative estimate of drug-likeness (QED) is 0.858. The van der Waals surface area contributed by atoms with E-state index in [1.165, 1.54) is 0 Å². The fourth-order valence-corrected chi connectivity index (χ4v) is 3.57. The van der Waals surface area contributed by atoms with Crippen LogP contribution in [0.4, 0.5) is 5.69 Å². The van der Waals surface area contributed by atoms with Crippen LogP contribution in [-0.2, 0) is 16.1 Å². The van der Waals surface area contributed by atoms with E-state index in [2.05, 4.69) is 9.88 Å². The Balaban J connectivity index is 1.52. The van der Waals surface area contributed by atoms with Gasteiger partial charge < -0.3 is 9.64 Å². The zero-order valence-corrected chi connectivity index (χ0v) is 13.9. The predicted molar refractivity (Wildman–Crippen MR) is 92.0 cm³/mol. The minimum Gasteiger partial charge on any atom is -0.365 e. The van der Waals surface area contributed by atoms with E-state index in [9.17, 15) is 4.79 Å². The van der Waals surface area contributed by atoms with Crippen LogP contribution in [0.3, 0.4) is 0 Å². The summed E-state index contributed by atoms with van der Waals surface area (Å²) in [6, 6.07) is 13.6. The molecule has 1 amide bonds. The second-order valence-corrected chi connectivity index (χ2v) is 6.61. The Labute approximate surface area is 145 Å². The van der Waals surface area contributed by atoms with Crippen LogP contribution in [-0.4, -0.2) is 47.6 Å². The van der Waals surface area contributed by atoms with E-state index < -0.39 is 0 Å². The summed E-state index contributed by atoms with van der Waals surface area (Å²) in [4.78, 5) is 20.9. The number of benzene rings is 1. The molecule has 2 atom stereocenters. The zero-order valence-electron chi connectivity index (χ0n) is 13.1. The number of aromatic nitrogens is 1. The first-order valence-electron chi connectivity index (χ1n) is 8.02. The van der Waals surface area contributed by atoms with Crippen molar-refractivity contribution < 1.29 is 9.53 Å². The Morgan fingerprint density at radius 2 is 2.00 bits per heavy atom. The first-order chi connectivity index (χ1) is 11.7. The summed E-state index contributed by atoms with van der Waals surface area (Å²) in [5.74, 6) is 0.0221. The lowest BCUT2D eigenvalue weighted by Gasteiger charge is -2.36. The molecule has 124 valence electrons. The number of amides is 1. The van der Waals surface area contributed by atoms with Crippen LogP contribution in [0.15, 0.2) is 48.7 Å². The molecule has 0 N–H and O–H groups in total. The Morgan fingerprint density at radius 1 is 1.17 bits per heavy atom. The lowest BCUT2D eigenvalue weighted by molar-refractivity contribution is -0.130. The number of ether oxygens (including phenoxy) is 1. The van der Waals surface area contributed by atoms with Gasteiger partial charge in [0.1, 0.15) is 6.61 Å². The van der Waals surface area contributed by atoms with Gasteiger partial charge in [-0.15, -0.1) is 0 Å². The Hall–Kier alpha value is -1.95. The Morgan fingerprint density at radius 3 is 2.75 bits per heavy atom. The van der Waals surface area contributed by atoms with Gasteiger partial charge in [0.2, 0.25) is 0 Å². The summed E-state index contributed by atoms with van der Waals surface area (Å²) in [5, 5.41) is 0.637. The first-order valence-corrected chi connectivity index (χ1v) is 8.40. The number of morpholine rings is 1. The summed E-state index contributed by atoms with van der Waals surface area (Å²) < 4.78 is 5.78. The molecule has 24 heavy (non-hydrogen) atoms. The molecule has 0 unspecified atom stereocenters. The van der Waals surface area contributed by atoms with E-state index in [0.717, 1.165) is 31.0 Å². The van der Waals surface area contributed by atoms with E-state index in [1.807, 2.05) is 47.4 Å². The van der Waals surface area contributed by atoms with Crippen LogP contribution in [0, 0.1) is 0 Å². The van der Waals surface area contributed by atoms with Crippen LogP contribution in [0.5, 0.6) is 0 Å². The smallest absolute Gasteiger partial charge is 0.253 e. The van der Waals surface area contributed by atoms with Crippen LogP contribution >= 0.6 is 11.6 Å². The summed E-state index contributed by atoms with van der Waals surface area (Å²) in [5.41, 5.74) is 1.91. The van der Waals surface area contributed by atoms with Gasteiger partial charge in [-0.05, 0) is 24.3 Å². The van der Waals surface area contributed by atoms with Crippen molar-refractivity contribution in [2.24, 2.45) is 0 Å². The minimum absolute atomic E-state index is 0.0221. The number of nitrogens with zero attached hydrogens (tertiary/aromatic N) is 3. The lowest BCUT2D eigenvalue weighted by Crippen LogP contribution is -2.54. The molecule has 1 aromatic carbocycles. The van der Waals surface area contributed by atoms with Gasteiger partial charge in [-0.3, -0.25) is 14.7 Å². The average Bonchev–Trinajstić information content (AvgIpc) is 3.00. The molecular weight excluding hydrogens is 326 g/mol. The number of carbonyl (C=O) groups is 1. The van der Waals surface area contributed by atoms with Gasteiger partial charge in [0.15, 0.2) is 0 Å². The van der Waals surface area contributed by atoms with Crippen LogP contribution in [0.1, 0.15) is 5.69 Å². The van der Waals surface area contributed by atoms with Crippen LogP contribution in [0.2, 0.25) is 5.02 Å². The number of fused-ring (bicyclic) bond motifs is 1. The second kappa shape index (κ2) is 6.51. The molecule has 2 saturated heterocycles. The molecule has 2 aliphatic heterocycles. The zero-order chi connectivity index (χ0) is 16.5. The van der Waals surface area contributed by atoms with Crippen molar-refractivity contribution in [3.63, 3.8) is 0 Å². The molecule has 0 spiro atoms. The number of hydrogen-bond donors (Lipinski definition) is 0. The maximum absolute atomic E-state index is 12.4. The number of rotatable bonds is 3. The van der Waals surface area contributed by atoms with E-state index in [-0.39, 0.29) is 24.7 Å². The van der Waals surface area contributed by atoms with Gasteiger partial charge in [0.25, 0.3) is 5.91 Å². The average molecular weight is 344 g/mol. The monoisotopic (exact) mass is 343 g/mol. The molecule has 3 heterocycles. The third-order valence-electron chi connectivity index (χ3n) is 4.54. The van der Waals surface area contributed by atoms with E-state index in [0.29, 0.717) is 5.02 Å². The largest absolute Gasteiger partial charge is 0.365 e. The van der Waals surface area contributed by atoms with Crippen molar-refractivity contribution >= 4 is 23.2 Å². The molecule has 0 bridgehead atoms.